The summed E-state index contributed by atoms with van der Waals surface area (Å²) in [6.07, 6.45) is 5.38. The highest BCUT2D eigenvalue weighted by molar-refractivity contribution is 5.89. The molecule has 1 aromatic heterocycles. The summed E-state index contributed by atoms with van der Waals surface area (Å²) in [4.78, 5) is 16.2. The Morgan fingerprint density at radius 2 is 1.88 bits per heavy atom. The molecule has 0 radical (unpaired) electrons. The fourth-order valence-electron chi connectivity index (χ4n) is 2.65. The van der Waals surface area contributed by atoms with E-state index in [1.165, 1.54) is 5.56 Å². The van der Waals surface area contributed by atoms with E-state index in [1.54, 1.807) is 12.5 Å². The number of urea groups is 1. The molecule has 0 unspecified atom stereocenters. The Balaban J connectivity index is 1.57. The maximum atomic E-state index is 12.1. The molecule has 3 rings (SSSR count). The van der Waals surface area contributed by atoms with Gasteiger partial charge in [-0.15, -0.1) is 0 Å². The number of imidazole rings is 1. The molecule has 5 nitrogen and oxygen atoms in total. The number of hydrogen-bond donors (Lipinski definition) is 2. The Morgan fingerprint density at radius 3 is 2.54 bits per heavy atom. The summed E-state index contributed by atoms with van der Waals surface area (Å²) in [5.74, 6) is 0. The topological polar surface area (TPSA) is 59.0 Å². The zero-order valence-electron chi connectivity index (χ0n) is 15.4. The van der Waals surface area contributed by atoms with E-state index in [2.05, 4.69) is 36.4 Å². The molecule has 26 heavy (non-hydrogen) atoms. The smallest absolute Gasteiger partial charge is 0.319 e. The Kier molecular flexibility index (Phi) is 5.07. The lowest BCUT2D eigenvalue weighted by Gasteiger charge is -2.19. The Labute approximate surface area is 154 Å². The van der Waals surface area contributed by atoms with E-state index in [4.69, 9.17) is 0 Å². The average Bonchev–Trinajstić information content (AvgIpc) is 3.15. The molecule has 0 atom stereocenters. The molecule has 1 heterocycles. The summed E-state index contributed by atoms with van der Waals surface area (Å²) in [6, 6.07) is 15.7. The molecule has 5 heteroatoms. The van der Waals surface area contributed by atoms with E-state index < -0.39 is 0 Å². The Morgan fingerprint density at radius 1 is 1.12 bits per heavy atom. The molecular weight excluding hydrogens is 324 g/mol. The number of carbonyl (C=O) groups excluding carboxylic acids is 1. The summed E-state index contributed by atoms with van der Waals surface area (Å²) in [5, 5.41) is 5.76. The third-order valence-electron chi connectivity index (χ3n) is 4.17. The lowest BCUT2D eigenvalue weighted by molar-refractivity contribution is 0.251. The van der Waals surface area contributed by atoms with E-state index in [0.29, 0.717) is 6.54 Å². The molecule has 3 aromatic rings. The van der Waals surface area contributed by atoms with Crippen LogP contribution in [-0.4, -0.2) is 15.6 Å². The predicted molar refractivity (Wildman–Crippen MR) is 105 cm³/mol. The molecule has 0 fully saturated rings. The largest absolute Gasteiger partial charge is 0.334 e. The fraction of sp³-hybridized carbons (Fsp3) is 0.238. The number of anilines is 1. The van der Waals surface area contributed by atoms with Crippen molar-refractivity contribution in [3.63, 3.8) is 0 Å². The van der Waals surface area contributed by atoms with Gasteiger partial charge in [0.2, 0.25) is 0 Å². The second-order valence-electron chi connectivity index (χ2n) is 7.27. The van der Waals surface area contributed by atoms with Crippen LogP contribution in [0, 0.1) is 0 Å². The monoisotopic (exact) mass is 348 g/mol. The van der Waals surface area contributed by atoms with Crippen LogP contribution in [0.3, 0.4) is 0 Å². The van der Waals surface area contributed by atoms with Crippen LogP contribution in [0.5, 0.6) is 0 Å². The van der Waals surface area contributed by atoms with Crippen LogP contribution in [-0.2, 0) is 12.0 Å². The first-order valence-corrected chi connectivity index (χ1v) is 8.64. The Hall–Kier alpha value is -3.08. The van der Waals surface area contributed by atoms with Gasteiger partial charge in [0.05, 0.1) is 6.33 Å². The minimum Gasteiger partial charge on any atom is -0.334 e. The number of rotatable bonds is 4. The van der Waals surface area contributed by atoms with Gasteiger partial charge in [-0.25, -0.2) is 9.78 Å². The van der Waals surface area contributed by atoms with Crippen LogP contribution in [0.1, 0.15) is 31.9 Å². The molecule has 0 saturated carbocycles. The fourth-order valence-corrected chi connectivity index (χ4v) is 2.65. The van der Waals surface area contributed by atoms with Crippen molar-refractivity contribution in [1.82, 2.24) is 14.9 Å². The second kappa shape index (κ2) is 7.44. The van der Waals surface area contributed by atoms with Gasteiger partial charge in [0.25, 0.3) is 0 Å². The van der Waals surface area contributed by atoms with E-state index in [-0.39, 0.29) is 11.4 Å². The van der Waals surface area contributed by atoms with Gasteiger partial charge in [-0.1, -0.05) is 45.0 Å². The van der Waals surface area contributed by atoms with Gasteiger partial charge in [-0.05, 0) is 40.8 Å². The first kappa shape index (κ1) is 17.7. The predicted octanol–water partition coefficient (Wildman–Crippen LogP) is 4.49. The van der Waals surface area contributed by atoms with Crippen molar-refractivity contribution in [1.29, 1.82) is 0 Å². The molecule has 0 aliphatic carbocycles. The highest BCUT2D eigenvalue weighted by atomic mass is 16.2. The first-order valence-electron chi connectivity index (χ1n) is 8.64. The van der Waals surface area contributed by atoms with Gasteiger partial charge < -0.3 is 15.2 Å². The van der Waals surface area contributed by atoms with Crippen LogP contribution in [0.25, 0.3) is 5.69 Å². The number of hydrogen-bond acceptors (Lipinski definition) is 2. The van der Waals surface area contributed by atoms with Crippen molar-refractivity contribution in [3.8, 4) is 5.69 Å². The molecule has 0 aliphatic rings. The van der Waals surface area contributed by atoms with Crippen molar-refractivity contribution >= 4 is 11.7 Å². The third kappa shape index (κ3) is 4.51. The van der Waals surface area contributed by atoms with Crippen LogP contribution >= 0.6 is 0 Å². The normalized spacial score (nSPS) is 11.2. The number of amides is 2. The maximum absolute atomic E-state index is 12.1. The molecule has 134 valence electrons. The van der Waals surface area contributed by atoms with Crippen LogP contribution < -0.4 is 10.6 Å². The van der Waals surface area contributed by atoms with E-state index in [9.17, 15) is 4.79 Å². The minimum absolute atomic E-state index is 0.0983. The maximum Gasteiger partial charge on any atom is 0.319 e. The number of carbonyl (C=O) groups is 1. The zero-order valence-corrected chi connectivity index (χ0v) is 15.4. The van der Waals surface area contributed by atoms with Gasteiger partial charge in [-0.2, -0.15) is 0 Å². The summed E-state index contributed by atoms with van der Waals surface area (Å²) in [7, 11) is 0. The highest BCUT2D eigenvalue weighted by Gasteiger charge is 2.13. The van der Waals surface area contributed by atoms with Gasteiger partial charge in [-0.3, -0.25) is 0 Å². The van der Waals surface area contributed by atoms with E-state index in [0.717, 1.165) is 16.9 Å². The molecule has 2 amide bonds. The van der Waals surface area contributed by atoms with Crippen molar-refractivity contribution in [3.05, 3.63) is 78.4 Å². The molecular formula is C21H24N4O. The van der Waals surface area contributed by atoms with Gasteiger partial charge >= 0.3 is 6.03 Å². The van der Waals surface area contributed by atoms with Gasteiger partial charge in [0.1, 0.15) is 0 Å². The summed E-state index contributed by atoms with van der Waals surface area (Å²) >= 11 is 0. The number of nitrogens with one attached hydrogen (secondary N) is 2. The van der Waals surface area contributed by atoms with Crippen LogP contribution in [0.2, 0.25) is 0 Å². The van der Waals surface area contributed by atoms with Crippen LogP contribution in [0.4, 0.5) is 10.5 Å². The number of benzene rings is 2. The van der Waals surface area contributed by atoms with Crippen molar-refractivity contribution in [2.24, 2.45) is 0 Å². The molecule has 0 aliphatic heterocycles. The van der Waals surface area contributed by atoms with Gasteiger partial charge in [0, 0.05) is 30.3 Å². The number of aromatic nitrogens is 2. The highest BCUT2D eigenvalue weighted by Crippen LogP contribution is 2.23. The third-order valence-corrected chi connectivity index (χ3v) is 4.17. The zero-order chi connectivity index (χ0) is 18.6. The quantitative estimate of drug-likeness (QED) is 0.730. The Bertz CT molecular complexity index is 862. The molecule has 0 saturated heterocycles. The second-order valence-corrected chi connectivity index (χ2v) is 7.27. The lowest BCUT2D eigenvalue weighted by atomic mass is 9.87. The van der Waals surface area contributed by atoms with Crippen molar-refractivity contribution < 1.29 is 4.79 Å². The minimum atomic E-state index is -0.221. The molecule has 2 aromatic carbocycles. The summed E-state index contributed by atoms with van der Waals surface area (Å²) in [6.45, 7) is 6.95. The SMILES string of the molecule is CC(C)(C)c1ccc(NC(=O)NCc2cccc(-n3ccnc3)c2)cc1. The summed E-state index contributed by atoms with van der Waals surface area (Å²) < 4.78 is 1.93. The first-order chi connectivity index (χ1) is 12.4. The van der Waals surface area contributed by atoms with Crippen molar-refractivity contribution in [2.75, 3.05) is 5.32 Å². The van der Waals surface area contributed by atoms with Gasteiger partial charge in [0.15, 0.2) is 0 Å². The average molecular weight is 348 g/mol. The van der Waals surface area contributed by atoms with Crippen molar-refractivity contribution in [2.45, 2.75) is 32.7 Å². The molecule has 0 bridgehead atoms. The molecule has 0 spiro atoms. The number of nitrogens with zero attached hydrogens (tertiary/aromatic N) is 2. The standard InChI is InChI=1S/C21H24N4O/c1-21(2,3)17-7-9-18(10-8-17)24-20(26)23-14-16-5-4-6-19(13-16)25-12-11-22-15-25/h4-13,15H,14H2,1-3H3,(H2,23,24,26). The summed E-state index contributed by atoms with van der Waals surface area (Å²) in [5.41, 5.74) is 4.15. The van der Waals surface area contributed by atoms with E-state index >= 15 is 0 Å². The van der Waals surface area contributed by atoms with E-state index in [1.807, 2.05) is 59.3 Å². The lowest BCUT2D eigenvalue weighted by Crippen LogP contribution is -2.28. The molecule has 2 N–H and O–H groups in total. The van der Waals surface area contributed by atoms with Crippen LogP contribution in [0.15, 0.2) is 67.3 Å².